The number of ether oxygens (including phenoxy) is 3. The maximum atomic E-state index is 11.7. The van der Waals surface area contributed by atoms with Crippen molar-refractivity contribution in [2.45, 2.75) is 50.1 Å². The van der Waals surface area contributed by atoms with Gasteiger partial charge in [0.2, 0.25) is 0 Å². The van der Waals surface area contributed by atoms with Crippen LogP contribution in [0.5, 0.6) is 0 Å². The maximum Gasteiger partial charge on any atom is 0.275 e. The minimum absolute atomic E-state index is 0.0587. The van der Waals surface area contributed by atoms with Gasteiger partial charge in [0, 0.05) is 25.3 Å². The van der Waals surface area contributed by atoms with Crippen LogP contribution in [0.15, 0.2) is 48.5 Å². The first-order chi connectivity index (χ1) is 15.1. The summed E-state index contributed by atoms with van der Waals surface area (Å²) in [6.45, 7) is 1.09. The van der Waals surface area contributed by atoms with Crippen molar-refractivity contribution in [3.05, 3.63) is 79.9 Å². The fraction of sp³-hybridized carbons (Fsp3) is 0.455. The van der Waals surface area contributed by atoms with Crippen molar-refractivity contribution in [1.82, 2.24) is 0 Å². The molecule has 2 heterocycles. The molecule has 2 saturated heterocycles. The molecule has 9 nitrogen and oxygen atoms in total. The van der Waals surface area contributed by atoms with Crippen molar-refractivity contribution in [3.8, 4) is 0 Å². The number of nitrogens with zero attached hydrogens (tertiary/aromatic N) is 2. The highest BCUT2D eigenvalue weighted by atomic mass is 16.6. The van der Waals surface area contributed by atoms with Gasteiger partial charge in [0.1, 0.15) is 12.2 Å². The second-order valence-electron chi connectivity index (χ2n) is 7.71. The van der Waals surface area contributed by atoms with Crippen LogP contribution >= 0.6 is 0 Å². The molecule has 0 radical (unpaired) electrons. The summed E-state index contributed by atoms with van der Waals surface area (Å²) in [6.07, 6.45) is 0.747. The number of nitro benzene ring substituents is 2. The molecule has 0 amide bonds. The first-order valence-corrected chi connectivity index (χ1v) is 10.4. The minimum Gasteiger partial charge on any atom is -0.375 e. The van der Waals surface area contributed by atoms with Gasteiger partial charge in [0.15, 0.2) is 0 Å². The molecule has 0 aliphatic carbocycles. The lowest BCUT2D eigenvalue weighted by Crippen LogP contribution is -2.29. The molecule has 4 rings (SSSR count). The molecule has 9 heteroatoms. The summed E-state index contributed by atoms with van der Waals surface area (Å²) in [6, 6.07) is 12.9. The largest absolute Gasteiger partial charge is 0.375 e. The van der Waals surface area contributed by atoms with E-state index < -0.39 is 22.1 Å². The van der Waals surface area contributed by atoms with E-state index in [-0.39, 0.29) is 23.6 Å². The summed E-state index contributed by atoms with van der Waals surface area (Å²) in [7, 11) is 0. The molecular formula is C22H24N2O7. The van der Waals surface area contributed by atoms with Crippen molar-refractivity contribution >= 4 is 11.4 Å². The molecule has 0 aromatic heterocycles. The molecule has 4 atom stereocenters. The van der Waals surface area contributed by atoms with Gasteiger partial charge in [-0.25, -0.2) is 0 Å². The van der Waals surface area contributed by atoms with Gasteiger partial charge in [-0.2, -0.15) is 0 Å². The zero-order valence-corrected chi connectivity index (χ0v) is 16.9. The summed E-state index contributed by atoms with van der Waals surface area (Å²) in [5.41, 5.74) is 0.690. The van der Waals surface area contributed by atoms with Crippen LogP contribution in [0.2, 0.25) is 0 Å². The van der Waals surface area contributed by atoms with Gasteiger partial charge in [0.05, 0.1) is 33.2 Å². The molecule has 0 saturated carbocycles. The van der Waals surface area contributed by atoms with Gasteiger partial charge in [-0.05, 0) is 37.8 Å². The Labute approximate surface area is 179 Å². The fourth-order valence-electron chi connectivity index (χ4n) is 4.35. The predicted octanol–water partition coefficient (Wildman–Crippen LogP) is 4.66. The summed E-state index contributed by atoms with van der Waals surface area (Å²) in [4.78, 5) is 22.5. The number of rotatable bonds is 8. The summed E-state index contributed by atoms with van der Waals surface area (Å²) in [5.74, 6) is 0. The van der Waals surface area contributed by atoms with Gasteiger partial charge in [-0.3, -0.25) is 20.2 Å². The third-order valence-electron chi connectivity index (χ3n) is 5.78. The Balaban J connectivity index is 1.77. The Morgan fingerprint density at radius 3 is 1.55 bits per heavy atom. The quantitative estimate of drug-likeness (QED) is 0.444. The summed E-state index contributed by atoms with van der Waals surface area (Å²) in [5, 5.41) is 23.4. The predicted molar refractivity (Wildman–Crippen MR) is 111 cm³/mol. The Bertz CT molecular complexity index is 863. The second kappa shape index (κ2) is 9.51. The number of para-hydroxylation sites is 2. The van der Waals surface area contributed by atoms with Crippen molar-refractivity contribution in [2.24, 2.45) is 0 Å². The molecular weight excluding hydrogens is 404 g/mol. The summed E-state index contributed by atoms with van der Waals surface area (Å²) < 4.78 is 18.2. The molecule has 2 aliphatic heterocycles. The molecule has 0 N–H and O–H groups in total. The van der Waals surface area contributed by atoms with Crippen molar-refractivity contribution in [2.75, 3.05) is 13.2 Å². The van der Waals surface area contributed by atoms with Gasteiger partial charge < -0.3 is 14.2 Å². The van der Waals surface area contributed by atoms with Crippen LogP contribution in [-0.4, -0.2) is 35.3 Å². The van der Waals surface area contributed by atoms with Gasteiger partial charge in [-0.1, -0.05) is 24.3 Å². The average Bonchev–Trinajstić information content (AvgIpc) is 3.49. The molecule has 2 fully saturated rings. The Kier molecular flexibility index (Phi) is 6.55. The van der Waals surface area contributed by atoms with Gasteiger partial charge in [-0.15, -0.1) is 0 Å². The first kappa shape index (κ1) is 21.4. The van der Waals surface area contributed by atoms with Crippen LogP contribution in [0, 0.1) is 20.2 Å². The van der Waals surface area contributed by atoms with Crippen LogP contribution in [0.1, 0.15) is 49.0 Å². The third-order valence-corrected chi connectivity index (χ3v) is 5.78. The second-order valence-corrected chi connectivity index (χ2v) is 7.71. The Morgan fingerprint density at radius 2 is 1.19 bits per heavy atom. The number of benzene rings is 2. The van der Waals surface area contributed by atoms with Crippen molar-refractivity contribution < 1.29 is 24.1 Å². The van der Waals surface area contributed by atoms with Crippen LogP contribution in [0.25, 0.3) is 0 Å². The molecule has 0 spiro atoms. The normalized spacial score (nSPS) is 22.8. The fourth-order valence-corrected chi connectivity index (χ4v) is 4.35. The van der Waals surface area contributed by atoms with E-state index in [9.17, 15) is 20.2 Å². The number of hydrogen-bond donors (Lipinski definition) is 0. The average molecular weight is 428 g/mol. The maximum absolute atomic E-state index is 11.7. The van der Waals surface area contributed by atoms with E-state index in [2.05, 4.69) is 0 Å². The van der Waals surface area contributed by atoms with E-state index in [1.54, 1.807) is 36.4 Å². The molecule has 31 heavy (non-hydrogen) atoms. The van der Waals surface area contributed by atoms with Crippen LogP contribution < -0.4 is 0 Å². The van der Waals surface area contributed by atoms with Gasteiger partial charge in [0.25, 0.3) is 11.4 Å². The topological polar surface area (TPSA) is 114 Å². The first-order valence-electron chi connectivity index (χ1n) is 10.4. The highest BCUT2D eigenvalue weighted by Crippen LogP contribution is 2.43. The molecule has 2 aromatic rings. The zero-order valence-electron chi connectivity index (χ0n) is 16.9. The van der Waals surface area contributed by atoms with Gasteiger partial charge >= 0.3 is 0 Å². The van der Waals surface area contributed by atoms with E-state index in [1.165, 1.54) is 12.1 Å². The van der Waals surface area contributed by atoms with Crippen molar-refractivity contribution in [3.63, 3.8) is 0 Å². The van der Waals surface area contributed by atoms with E-state index in [0.717, 1.165) is 12.8 Å². The third kappa shape index (κ3) is 4.58. The van der Waals surface area contributed by atoms with Crippen LogP contribution in [-0.2, 0) is 14.2 Å². The monoisotopic (exact) mass is 428 g/mol. The lowest BCUT2D eigenvalue weighted by molar-refractivity contribution is -0.387. The molecule has 2 aliphatic rings. The standard InChI is InChI=1S/C22H24N2O7/c25-23(26)17-9-3-1-7-15(17)21(19-11-5-13-29-19)31-22(20-12-6-14-30-20)16-8-2-4-10-18(16)24(27)28/h1-4,7-10,19-22H,5-6,11-14H2. The molecule has 2 aromatic carbocycles. The minimum atomic E-state index is -0.752. The van der Waals surface area contributed by atoms with Crippen LogP contribution in [0.4, 0.5) is 11.4 Å². The molecule has 0 bridgehead atoms. The van der Waals surface area contributed by atoms with E-state index in [1.807, 2.05) is 0 Å². The number of hydrogen-bond acceptors (Lipinski definition) is 7. The molecule has 164 valence electrons. The lowest BCUT2D eigenvalue weighted by Gasteiger charge is -2.31. The summed E-state index contributed by atoms with van der Waals surface area (Å²) >= 11 is 0. The van der Waals surface area contributed by atoms with Crippen LogP contribution in [0.3, 0.4) is 0 Å². The van der Waals surface area contributed by atoms with E-state index in [4.69, 9.17) is 14.2 Å². The molecule has 4 unspecified atom stereocenters. The lowest BCUT2D eigenvalue weighted by atomic mass is 9.96. The highest BCUT2D eigenvalue weighted by Gasteiger charge is 2.40. The SMILES string of the molecule is O=[N+]([O-])c1ccccc1C(OC(c1ccccc1[N+](=O)[O-])C1CCCO1)C1CCCO1. The Morgan fingerprint density at radius 1 is 0.774 bits per heavy atom. The highest BCUT2D eigenvalue weighted by molar-refractivity contribution is 5.44. The van der Waals surface area contributed by atoms with E-state index in [0.29, 0.717) is 37.2 Å². The Hall–Kier alpha value is -2.88. The van der Waals surface area contributed by atoms with E-state index >= 15 is 0 Å². The zero-order chi connectivity index (χ0) is 21.8. The van der Waals surface area contributed by atoms with Crippen molar-refractivity contribution in [1.29, 1.82) is 0 Å². The smallest absolute Gasteiger partial charge is 0.275 e. The number of nitro groups is 2.